The number of rotatable bonds is 1. The Kier molecular flexibility index (Phi) is 2.98. The summed E-state index contributed by atoms with van der Waals surface area (Å²) in [6.07, 6.45) is 1.05. The van der Waals surface area contributed by atoms with E-state index in [1.54, 1.807) is 0 Å². The lowest BCUT2D eigenvalue weighted by molar-refractivity contribution is 0.0141. The second-order valence-corrected chi connectivity index (χ2v) is 5.01. The fourth-order valence-corrected chi connectivity index (χ4v) is 1.74. The molecule has 1 rings (SSSR count). The molecule has 0 amide bonds. The molecule has 2 heteroatoms. The first kappa shape index (κ1) is 10.5. The predicted molar refractivity (Wildman–Crippen MR) is 52.1 cm³/mol. The molecule has 1 aliphatic rings. The summed E-state index contributed by atoms with van der Waals surface area (Å²) in [6, 6.07) is 2.34. The smallest absolute Gasteiger partial charge is 0.0764 e. The summed E-state index contributed by atoms with van der Waals surface area (Å²) in [6.45, 7) is 9.54. The normalized spacial score (nSPS) is 31.3. The van der Waals surface area contributed by atoms with Crippen molar-refractivity contribution in [1.29, 1.82) is 5.26 Å². The van der Waals surface area contributed by atoms with Gasteiger partial charge in [-0.05, 0) is 17.8 Å². The van der Waals surface area contributed by atoms with Gasteiger partial charge in [-0.2, -0.15) is 5.26 Å². The van der Waals surface area contributed by atoms with Gasteiger partial charge in [0.15, 0.2) is 0 Å². The molecule has 1 aliphatic heterocycles. The third-order valence-electron chi connectivity index (χ3n) is 3.16. The SMILES string of the molecule is CC(C1OCCC1C#N)C(C)(C)C. The van der Waals surface area contributed by atoms with E-state index in [0.29, 0.717) is 5.92 Å². The van der Waals surface area contributed by atoms with Gasteiger partial charge in [0.2, 0.25) is 0 Å². The van der Waals surface area contributed by atoms with Crippen LogP contribution in [0.25, 0.3) is 0 Å². The van der Waals surface area contributed by atoms with E-state index in [4.69, 9.17) is 10.00 Å². The topological polar surface area (TPSA) is 33.0 Å². The largest absolute Gasteiger partial charge is 0.377 e. The van der Waals surface area contributed by atoms with Gasteiger partial charge in [-0.3, -0.25) is 0 Å². The molecule has 3 unspecified atom stereocenters. The molecule has 0 aromatic rings. The molecular formula is C11H19NO. The first-order valence-corrected chi connectivity index (χ1v) is 4.98. The molecule has 1 fully saturated rings. The first-order valence-electron chi connectivity index (χ1n) is 4.98. The Hall–Kier alpha value is -0.550. The number of hydrogen-bond donors (Lipinski definition) is 0. The van der Waals surface area contributed by atoms with Crippen molar-refractivity contribution in [1.82, 2.24) is 0 Å². The Labute approximate surface area is 80.9 Å². The molecule has 1 heterocycles. The molecule has 0 bridgehead atoms. The average molecular weight is 181 g/mol. The van der Waals surface area contributed by atoms with Gasteiger partial charge in [0.05, 0.1) is 18.1 Å². The molecule has 2 nitrogen and oxygen atoms in total. The molecule has 0 aliphatic carbocycles. The Bertz CT molecular complexity index is 211. The van der Waals surface area contributed by atoms with Crippen LogP contribution in [0.5, 0.6) is 0 Å². The van der Waals surface area contributed by atoms with Crippen LogP contribution in [0.3, 0.4) is 0 Å². The van der Waals surface area contributed by atoms with Crippen LogP contribution in [0.15, 0.2) is 0 Å². The van der Waals surface area contributed by atoms with Crippen molar-refractivity contribution < 1.29 is 4.74 Å². The maximum Gasteiger partial charge on any atom is 0.0764 e. The molecule has 13 heavy (non-hydrogen) atoms. The minimum atomic E-state index is 0.106. The summed E-state index contributed by atoms with van der Waals surface area (Å²) >= 11 is 0. The van der Waals surface area contributed by atoms with Gasteiger partial charge in [-0.1, -0.05) is 27.7 Å². The van der Waals surface area contributed by atoms with Crippen molar-refractivity contribution >= 4 is 0 Å². The Balaban J connectivity index is 2.67. The van der Waals surface area contributed by atoms with Gasteiger partial charge in [0.1, 0.15) is 0 Å². The van der Waals surface area contributed by atoms with Crippen molar-refractivity contribution in [3.8, 4) is 6.07 Å². The molecule has 0 aromatic heterocycles. The van der Waals surface area contributed by atoms with E-state index in [1.807, 2.05) is 0 Å². The van der Waals surface area contributed by atoms with Gasteiger partial charge in [-0.15, -0.1) is 0 Å². The molecular weight excluding hydrogens is 162 g/mol. The molecule has 3 atom stereocenters. The van der Waals surface area contributed by atoms with Crippen LogP contribution >= 0.6 is 0 Å². The second-order valence-electron chi connectivity index (χ2n) is 5.01. The Morgan fingerprint density at radius 2 is 2.08 bits per heavy atom. The van der Waals surface area contributed by atoms with Crippen LogP contribution in [-0.2, 0) is 4.74 Å². The minimum Gasteiger partial charge on any atom is -0.377 e. The standard InChI is InChI=1S/C11H19NO/c1-8(11(2,3)4)10-9(7-12)5-6-13-10/h8-10H,5-6H2,1-4H3. The fourth-order valence-electron chi connectivity index (χ4n) is 1.74. The number of nitriles is 1. The van der Waals surface area contributed by atoms with E-state index >= 15 is 0 Å². The van der Waals surface area contributed by atoms with E-state index in [9.17, 15) is 0 Å². The van der Waals surface area contributed by atoms with Gasteiger partial charge in [0.25, 0.3) is 0 Å². The Morgan fingerprint density at radius 1 is 1.46 bits per heavy atom. The average Bonchev–Trinajstić information content (AvgIpc) is 2.48. The third-order valence-corrected chi connectivity index (χ3v) is 3.16. The quantitative estimate of drug-likeness (QED) is 0.623. The van der Waals surface area contributed by atoms with Crippen molar-refractivity contribution in [3.05, 3.63) is 0 Å². The molecule has 0 aromatic carbocycles. The van der Waals surface area contributed by atoms with E-state index in [1.165, 1.54) is 0 Å². The van der Waals surface area contributed by atoms with Crippen LogP contribution < -0.4 is 0 Å². The summed E-state index contributed by atoms with van der Waals surface area (Å²) < 4.78 is 5.62. The summed E-state index contributed by atoms with van der Waals surface area (Å²) in [5.41, 5.74) is 0.226. The van der Waals surface area contributed by atoms with Gasteiger partial charge >= 0.3 is 0 Å². The highest BCUT2D eigenvalue weighted by molar-refractivity contribution is 4.96. The zero-order chi connectivity index (χ0) is 10.1. The number of hydrogen-bond acceptors (Lipinski definition) is 2. The lowest BCUT2D eigenvalue weighted by atomic mass is 9.75. The molecule has 1 saturated heterocycles. The van der Waals surface area contributed by atoms with E-state index in [2.05, 4.69) is 33.8 Å². The van der Waals surface area contributed by atoms with Crippen LogP contribution in [0.1, 0.15) is 34.1 Å². The molecule has 0 radical (unpaired) electrons. The zero-order valence-electron chi connectivity index (χ0n) is 9.00. The van der Waals surface area contributed by atoms with E-state index in [-0.39, 0.29) is 17.4 Å². The predicted octanol–water partition coefficient (Wildman–Crippen LogP) is 2.60. The van der Waals surface area contributed by atoms with Crippen LogP contribution in [0.4, 0.5) is 0 Å². The minimum absolute atomic E-state index is 0.106. The molecule has 0 N–H and O–H groups in total. The molecule has 0 spiro atoms. The first-order chi connectivity index (χ1) is 5.96. The lowest BCUT2D eigenvalue weighted by Crippen LogP contribution is -2.33. The van der Waals surface area contributed by atoms with Crippen LogP contribution in [-0.4, -0.2) is 12.7 Å². The van der Waals surface area contributed by atoms with Crippen molar-refractivity contribution in [2.24, 2.45) is 17.3 Å². The monoisotopic (exact) mass is 181 g/mol. The number of ether oxygens (including phenoxy) is 1. The maximum absolute atomic E-state index is 8.92. The van der Waals surface area contributed by atoms with Gasteiger partial charge in [0, 0.05) is 6.61 Å². The van der Waals surface area contributed by atoms with Crippen molar-refractivity contribution in [3.63, 3.8) is 0 Å². The summed E-state index contributed by atoms with van der Waals surface area (Å²) in [5.74, 6) is 0.550. The third kappa shape index (κ3) is 2.22. The second kappa shape index (κ2) is 3.67. The van der Waals surface area contributed by atoms with Crippen LogP contribution in [0.2, 0.25) is 0 Å². The van der Waals surface area contributed by atoms with Crippen molar-refractivity contribution in [2.45, 2.75) is 40.2 Å². The fraction of sp³-hybridized carbons (Fsp3) is 0.909. The summed E-state index contributed by atoms with van der Waals surface area (Å²) in [5, 5.41) is 8.92. The van der Waals surface area contributed by atoms with Gasteiger partial charge < -0.3 is 4.74 Å². The highest BCUT2D eigenvalue weighted by Crippen LogP contribution is 2.36. The Morgan fingerprint density at radius 3 is 2.54 bits per heavy atom. The highest BCUT2D eigenvalue weighted by atomic mass is 16.5. The van der Waals surface area contributed by atoms with Gasteiger partial charge in [-0.25, -0.2) is 0 Å². The highest BCUT2D eigenvalue weighted by Gasteiger charge is 2.37. The van der Waals surface area contributed by atoms with Crippen LogP contribution in [0, 0.1) is 28.6 Å². The number of nitrogens with zero attached hydrogens (tertiary/aromatic N) is 1. The van der Waals surface area contributed by atoms with Crippen molar-refractivity contribution in [2.75, 3.05) is 6.61 Å². The molecule has 0 saturated carbocycles. The summed E-state index contributed by atoms with van der Waals surface area (Å²) in [4.78, 5) is 0. The summed E-state index contributed by atoms with van der Waals surface area (Å²) in [7, 11) is 0. The molecule has 74 valence electrons. The zero-order valence-corrected chi connectivity index (χ0v) is 9.00. The maximum atomic E-state index is 8.92. The van der Waals surface area contributed by atoms with E-state index in [0.717, 1.165) is 13.0 Å². The lowest BCUT2D eigenvalue weighted by Gasteiger charge is -2.32. The van der Waals surface area contributed by atoms with E-state index < -0.39 is 0 Å².